The van der Waals surface area contributed by atoms with Gasteiger partial charge in [0.25, 0.3) is 5.91 Å². The SMILES string of the molecule is COC(=O)c1cnc2c(O)cc3c(c2c1)[C@H](CCl)CN3C(=O)c1cc2cc(OC)ccc2[nH]1. The highest BCUT2D eigenvalue weighted by Gasteiger charge is 2.36. The number of fused-ring (bicyclic) bond motifs is 4. The third-order valence-corrected chi connectivity index (χ3v) is 6.36. The highest BCUT2D eigenvalue weighted by Crippen LogP contribution is 2.45. The van der Waals surface area contributed by atoms with Crippen molar-refractivity contribution in [2.45, 2.75) is 5.92 Å². The first-order valence-electron chi connectivity index (χ1n) is 10.2. The van der Waals surface area contributed by atoms with Gasteiger partial charge in [0.05, 0.1) is 25.5 Å². The number of aromatic amines is 1. The van der Waals surface area contributed by atoms with Crippen LogP contribution in [0.4, 0.5) is 5.69 Å². The molecule has 1 aliphatic rings. The number of anilines is 1. The van der Waals surface area contributed by atoms with Gasteiger partial charge in [-0.1, -0.05) is 0 Å². The molecule has 8 nitrogen and oxygen atoms in total. The van der Waals surface area contributed by atoms with Crippen LogP contribution in [0.25, 0.3) is 21.8 Å². The smallest absolute Gasteiger partial charge is 0.339 e. The van der Waals surface area contributed by atoms with Crippen molar-refractivity contribution in [2.24, 2.45) is 0 Å². The van der Waals surface area contributed by atoms with Crippen molar-refractivity contribution in [1.29, 1.82) is 0 Å². The number of nitrogens with zero attached hydrogens (tertiary/aromatic N) is 2. The molecule has 0 spiro atoms. The van der Waals surface area contributed by atoms with E-state index in [4.69, 9.17) is 21.1 Å². The molecule has 0 bridgehead atoms. The summed E-state index contributed by atoms with van der Waals surface area (Å²) in [5.74, 6) is -0.136. The maximum atomic E-state index is 13.5. The highest BCUT2D eigenvalue weighted by atomic mass is 35.5. The second kappa shape index (κ2) is 7.97. The van der Waals surface area contributed by atoms with Gasteiger partial charge in [-0.05, 0) is 35.9 Å². The number of alkyl halides is 1. The number of carbonyl (C=O) groups excluding carboxylic acids is 2. The first kappa shape index (κ1) is 21.1. The number of benzene rings is 2. The Balaban J connectivity index is 1.63. The molecule has 0 saturated heterocycles. The largest absolute Gasteiger partial charge is 0.506 e. The van der Waals surface area contributed by atoms with E-state index < -0.39 is 5.97 Å². The Morgan fingerprint density at radius 3 is 2.79 bits per heavy atom. The standard InChI is InChI=1S/C24H20ClN3O5/c1-32-15-3-4-17-12(5-15)7-18(27-17)23(30)28-11-14(9-25)21-16-6-13(24(31)33-2)10-26-22(16)20(29)8-19(21)28/h3-8,10,14,27,29H,9,11H2,1-2H3/t14-/m1/s1. The molecule has 1 atom stereocenters. The molecule has 2 aromatic carbocycles. The minimum Gasteiger partial charge on any atom is -0.506 e. The minimum atomic E-state index is -0.539. The molecule has 4 aromatic rings. The Morgan fingerprint density at radius 1 is 1.24 bits per heavy atom. The second-order valence-corrected chi connectivity index (χ2v) is 8.15. The molecule has 0 unspecified atom stereocenters. The van der Waals surface area contributed by atoms with Crippen molar-refractivity contribution >= 4 is 51.0 Å². The molecule has 168 valence electrons. The summed E-state index contributed by atoms with van der Waals surface area (Å²) in [6.45, 7) is 0.331. The predicted molar refractivity (Wildman–Crippen MR) is 125 cm³/mol. The van der Waals surface area contributed by atoms with Crippen LogP contribution < -0.4 is 9.64 Å². The number of ether oxygens (including phenoxy) is 2. The number of rotatable bonds is 4. The van der Waals surface area contributed by atoms with Crippen molar-refractivity contribution in [3.8, 4) is 11.5 Å². The molecule has 3 heterocycles. The number of carbonyl (C=O) groups is 2. The molecule has 0 saturated carbocycles. The summed E-state index contributed by atoms with van der Waals surface area (Å²) in [5.41, 5.74) is 3.10. The van der Waals surface area contributed by atoms with E-state index in [-0.39, 0.29) is 29.0 Å². The number of hydrogen-bond donors (Lipinski definition) is 2. The monoisotopic (exact) mass is 465 g/mol. The average molecular weight is 466 g/mol. The zero-order chi connectivity index (χ0) is 23.3. The van der Waals surface area contributed by atoms with Crippen LogP contribution in [0.2, 0.25) is 0 Å². The number of phenols is 1. The van der Waals surface area contributed by atoms with Crippen molar-refractivity contribution in [1.82, 2.24) is 9.97 Å². The Bertz CT molecular complexity index is 1430. The lowest BCUT2D eigenvalue weighted by molar-refractivity contribution is 0.0600. The number of amides is 1. The lowest BCUT2D eigenvalue weighted by atomic mass is 9.97. The first-order valence-corrected chi connectivity index (χ1v) is 10.8. The van der Waals surface area contributed by atoms with E-state index in [0.717, 1.165) is 16.5 Å². The van der Waals surface area contributed by atoms with Crippen LogP contribution in [-0.4, -0.2) is 53.6 Å². The molecule has 0 fully saturated rings. The number of aromatic hydroxyl groups is 1. The molecule has 0 radical (unpaired) electrons. The maximum absolute atomic E-state index is 13.5. The quantitative estimate of drug-likeness (QED) is 0.346. The summed E-state index contributed by atoms with van der Waals surface area (Å²) >= 11 is 6.28. The van der Waals surface area contributed by atoms with Crippen LogP contribution in [0.1, 0.15) is 32.3 Å². The summed E-state index contributed by atoms with van der Waals surface area (Å²) in [7, 11) is 2.88. The van der Waals surface area contributed by atoms with Crippen LogP contribution in [0.15, 0.2) is 42.6 Å². The van der Waals surface area contributed by atoms with E-state index in [1.807, 2.05) is 18.2 Å². The van der Waals surface area contributed by atoms with Crippen LogP contribution >= 0.6 is 11.6 Å². The van der Waals surface area contributed by atoms with Crippen LogP contribution in [0.3, 0.4) is 0 Å². The van der Waals surface area contributed by atoms with E-state index >= 15 is 0 Å². The molecule has 0 aliphatic carbocycles. The minimum absolute atomic E-state index is 0.0884. The summed E-state index contributed by atoms with van der Waals surface area (Å²) in [5, 5.41) is 12.1. The predicted octanol–water partition coefficient (Wildman–Crippen LogP) is 4.20. The first-order chi connectivity index (χ1) is 15.9. The fraction of sp³-hybridized carbons (Fsp3) is 0.208. The lowest BCUT2D eigenvalue weighted by Crippen LogP contribution is -2.30. The number of methoxy groups -OCH3 is 2. The highest BCUT2D eigenvalue weighted by molar-refractivity contribution is 6.19. The fourth-order valence-electron chi connectivity index (χ4n) is 4.40. The molecule has 2 aromatic heterocycles. The lowest BCUT2D eigenvalue weighted by Gasteiger charge is -2.17. The third-order valence-electron chi connectivity index (χ3n) is 5.98. The van der Waals surface area contributed by atoms with Gasteiger partial charge in [-0.2, -0.15) is 0 Å². The molecule has 33 heavy (non-hydrogen) atoms. The molecular weight excluding hydrogens is 446 g/mol. The number of hydrogen-bond acceptors (Lipinski definition) is 6. The number of esters is 1. The Labute approximate surface area is 193 Å². The van der Waals surface area contributed by atoms with Crippen molar-refractivity contribution in [2.75, 3.05) is 31.5 Å². The topological polar surface area (TPSA) is 105 Å². The van der Waals surface area contributed by atoms with Gasteiger partial charge in [-0.15, -0.1) is 11.6 Å². The van der Waals surface area contributed by atoms with Crippen LogP contribution in [0.5, 0.6) is 11.5 Å². The van der Waals surface area contributed by atoms with Gasteiger partial charge < -0.3 is 24.5 Å². The molecule has 1 amide bonds. The molecule has 9 heteroatoms. The van der Waals surface area contributed by atoms with Crippen LogP contribution in [-0.2, 0) is 4.74 Å². The number of nitrogens with one attached hydrogen (secondary N) is 1. The van der Waals surface area contributed by atoms with Crippen LogP contribution in [0, 0.1) is 0 Å². The van der Waals surface area contributed by atoms with Gasteiger partial charge >= 0.3 is 5.97 Å². The normalized spacial score (nSPS) is 15.1. The Kier molecular flexibility index (Phi) is 5.09. The summed E-state index contributed by atoms with van der Waals surface area (Å²) in [6, 6.07) is 10.4. The van der Waals surface area contributed by atoms with Crippen molar-refractivity contribution in [3.63, 3.8) is 0 Å². The van der Waals surface area contributed by atoms with Gasteiger partial charge in [-0.25, -0.2) is 4.79 Å². The zero-order valence-electron chi connectivity index (χ0n) is 17.9. The molecule has 2 N–H and O–H groups in total. The fourth-order valence-corrected chi connectivity index (χ4v) is 4.65. The van der Waals surface area contributed by atoms with E-state index in [1.54, 1.807) is 24.1 Å². The van der Waals surface area contributed by atoms with Gasteiger partial charge in [0.15, 0.2) is 0 Å². The Hall–Kier alpha value is -3.78. The van der Waals surface area contributed by atoms with Gasteiger partial charge in [0.1, 0.15) is 22.7 Å². The summed E-state index contributed by atoms with van der Waals surface area (Å²) < 4.78 is 10.1. The number of halogens is 1. The zero-order valence-corrected chi connectivity index (χ0v) is 18.6. The van der Waals surface area contributed by atoms with E-state index in [2.05, 4.69) is 9.97 Å². The van der Waals surface area contributed by atoms with E-state index in [1.165, 1.54) is 19.4 Å². The van der Waals surface area contributed by atoms with E-state index in [9.17, 15) is 14.7 Å². The summed E-state index contributed by atoms with van der Waals surface area (Å²) in [4.78, 5) is 34.6. The number of aromatic nitrogens is 2. The number of phenolic OH excluding ortho intramolecular Hbond substituents is 1. The number of pyridine rings is 1. The third kappa shape index (κ3) is 3.34. The van der Waals surface area contributed by atoms with Crippen molar-refractivity contribution < 1.29 is 24.2 Å². The summed E-state index contributed by atoms with van der Waals surface area (Å²) in [6.07, 6.45) is 1.35. The van der Waals surface area contributed by atoms with Gasteiger partial charge in [-0.3, -0.25) is 9.78 Å². The maximum Gasteiger partial charge on any atom is 0.339 e. The second-order valence-electron chi connectivity index (χ2n) is 7.84. The number of H-pyrrole nitrogens is 1. The molecular formula is C24H20ClN3O5. The average Bonchev–Trinajstić information content (AvgIpc) is 3.43. The van der Waals surface area contributed by atoms with Gasteiger partial charge in [0, 0.05) is 46.9 Å². The molecule has 5 rings (SSSR count). The van der Waals surface area contributed by atoms with Gasteiger partial charge in [0.2, 0.25) is 0 Å². The van der Waals surface area contributed by atoms with E-state index in [0.29, 0.717) is 34.6 Å². The molecule has 1 aliphatic heterocycles. The Morgan fingerprint density at radius 2 is 2.06 bits per heavy atom. The van der Waals surface area contributed by atoms with Crippen molar-refractivity contribution in [3.05, 3.63) is 59.4 Å².